The number of esters is 1. The van der Waals surface area contributed by atoms with Gasteiger partial charge in [0, 0.05) is 29.7 Å². The number of anilines is 1. The summed E-state index contributed by atoms with van der Waals surface area (Å²) >= 11 is 0. The average molecular weight is 272 g/mol. The van der Waals surface area contributed by atoms with Crippen molar-refractivity contribution >= 4 is 11.7 Å². The van der Waals surface area contributed by atoms with Gasteiger partial charge in [-0.15, -0.1) is 0 Å². The first-order valence-electron chi connectivity index (χ1n) is 6.18. The lowest BCUT2D eigenvalue weighted by atomic mass is 10.2. The summed E-state index contributed by atoms with van der Waals surface area (Å²) in [4.78, 5) is 15.6. The summed E-state index contributed by atoms with van der Waals surface area (Å²) in [5.74, 6) is 0.105. The lowest BCUT2D eigenvalue weighted by Gasteiger charge is -2.07. The Balaban J connectivity index is 1.78. The summed E-state index contributed by atoms with van der Waals surface area (Å²) in [7, 11) is 0. The first kappa shape index (κ1) is 13.9. The normalized spacial score (nSPS) is 10.1. The molecular formula is C15H16N2O3. The molecule has 0 radical (unpaired) electrons. The zero-order valence-electron chi connectivity index (χ0n) is 11.2. The van der Waals surface area contributed by atoms with Gasteiger partial charge in [-0.3, -0.25) is 4.98 Å². The van der Waals surface area contributed by atoms with Crippen LogP contribution < -0.4 is 10.5 Å². The highest BCUT2D eigenvalue weighted by molar-refractivity contribution is 5.71. The van der Waals surface area contributed by atoms with E-state index in [1.54, 1.807) is 36.7 Å². The molecule has 0 unspecified atom stereocenters. The maximum atomic E-state index is 11.6. The Hall–Kier alpha value is -2.56. The van der Waals surface area contributed by atoms with E-state index in [4.69, 9.17) is 15.2 Å². The second-order valence-corrected chi connectivity index (χ2v) is 4.39. The maximum absolute atomic E-state index is 11.6. The van der Waals surface area contributed by atoms with Gasteiger partial charge in [0.25, 0.3) is 0 Å². The van der Waals surface area contributed by atoms with Crippen molar-refractivity contribution in [3.63, 3.8) is 0 Å². The van der Waals surface area contributed by atoms with E-state index in [0.29, 0.717) is 11.4 Å². The van der Waals surface area contributed by atoms with Gasteiger partial charge < -0.3 is 15.2 Å². The van der Waals surface area contributed by atoms with Crippen LogP contribution in [0.2, 0.25) is 0 Å². The third-order valence-corrected chi connectivity index (χ3v) is 2.55. The number of rotatable bonds is 5. The minimum absolute atomic E-state index is 0.150. The largest absolute Gasteiger partial charge is 0.482 e. The molecule has 0 saturated heterocycles. The van der Waals surface area contributed by atoms with E-state index >= 15 is 0 Å². The maximum Gasteiger partial charge on any atom is 0.344 e. The lowest BCUT2D eigenvalue weighted by Crippen LogP contribution is -2.14. The Kier molecular flexibility index (Phi) is 4.55. The van der Waals surface area contributed by atoms with Gasteiger partial charge in [0.1, 0.15) is 12.4 Å². The highest BCUT2D eigenvalue weighted by Crippen LogP contribution is 2.14. The van der Waals surface area contributed by atoms with Crippen LogP contribution >= 0.6 is 0 Å². The van der Waals surface area contributed by atoms with E-state index in [9.17, 15) is 4.79 Å². The van der Waals surface area contributed by atoms with Crippen molar-refractivity contribution < 1.29 is 14.3 Å². The molecule has 20 heavy (non-hydrogen) atoms. The van der Waals surface area contributed by atoms with E-state index in [-0.39, 0.29) is 13.2 Å². The summed E-state index contributed by atoms with van der Waals surface area (Å²) in [6.45, 7) is 1.97. The Labute approximate surface area is 117 Å². The molecule has 5 heteroatoms. The molecule has 0 spiro atoms. The van der Waals surface area contributed by atoms with Crippen LogP contribution in [0.25, 0.3) is 0 Å². The molecule has 0 amide bonds. The highest BCUT2D eigenvalue weighted by atomic mass is 16.6. The Bertz CT molecular complexity index is 548. The molecular weight excluding hydrogens is 256 g/mol. The number of nitrogen functional groups attached to an aromatic ring is 1. The number of hydrogen-bond donors (Lipinski definition) is 1. The SMILES string of the molecule is Cc1cncc(COC(=O)COc2cccc(N)c2)c1. The third-order valence-electron chi connectivity index (χ3n) is 2.55. The molecule has 5 nitrogen and oxygen atoms in total. The summed E-state index contributed by atoms with van der Waals surface area (Å²) < 4.78 is 10.4. The predicted molar refractivity (Wildman–Crippen MR) is 75.1 cm³/mol. The second kappa shape index (κ2) is 6.56. The molecule has 104 valence electrons. The van der Waals surface area contributed by atoms with Crippen molar-refractivity contribution in [3.8, 4) is 5.75 Å². The fourth-order valence-electron chi connectivity index (χ4n) is 1.65. The molecule has 2 rings (SSSR count). The van der Waals surface area contributed by atoms with E-state index < -0.39 is 5.97 Å². The summed E-state index contributed by atoms with van der Waals surface area (Å²) in [5.41, 5.74) is 8.07. The smallest absolute Gasteiger partial charge is 0.344 e. The number of aromatic nitrogens is 1. The molecule has 0 bridgehead atoms. The number of carbonyl (C=O) groups is 1. The van der Waals surface area contributed by atoms with Crippen LogP contribution in [0.5, 0.6) is 5.75 Å². The van der Waals surface area contributed by atoms with Gasteiger partial charge in [-0.2, -0.15) is 0 Å². The summed E-state index contributed by atoms with van der Waals surface area (Å²) in [6, 6.07) is 8.80. The van der Waals surface area contributed by atoms with E-state index in [1.807, 2.05) is 13.0 Å². The number of nitrogens with zero attached hydrogens (tertiary/aromatic N) is 1. The first-order chi connectivity index (χ1) is 9.63. The van der Waals surface area contributed by atoms with Gasteiger partial charge in [-0.1, -0.05) is 6.07 Å². The minimum Gasteiger partial charge on any atom is -0.482 e. The van der Waals surface area contributed by atoms with Crippen molar-refractivity contribution in [2.45, 2.75) is 13.5 Å². The molecule has 1 aromatic carbocycles. The van der Waals surface area contributed by atoms with E-state index in [0.717, 1.165) is 11.1 Å². The van der Waals surface area contributed by atoms with Crippen LogP contribution in [-0.2, 0) is 16.1 Å². The predicted octanol–water partition coefficient (Wildman–Crippen LogP) is 2.09. The lowest BCUT2D eigenvalue weighted by molar-refractivity contribution is -0.147. The zero-order valence-corrected chi connectivity index (χ0v) is 11.2. The van der Waals surface area contributed by atoms with Crippen LogP contribution in [0, 0.1) is 6.92 Å². The molecule has 2 aromatic rings. The summed E-state index contributed by atoms with van der Waals surface area (Å²) in [5, 5.41) is 0. The van der Waals surface area contributed by atoms with E-state index in [2.05, 4.69) is 4.98 Å². The number of hydrogen-bond acceptors (Lipinski definition) is 5. The second-order valence-electron chi connectivity index (χ2n) is 4.39. The quantitative estimate of drug-likeness (QED) is 0.666. The highest BCUT2D eigenvalue weighted by Gasteiger charge is 2.05. The molecule has 0 aliphatic carbocycles. The molecule has 0 aliphatic rings. The standard InChI is InChI=1S/C15H16N2O3/c1-11-5-12(8-17-7-11)9-20-15(18)10-19-14-4-2-3-13(16)6-14/h2-8H,9-10,16H2,1H3. The Morgan fingerprint density at radius 2 is 2.15 bits per heavy atom. The Morgan fingerprint density at radius 3 is 2.90 bits per heavy atom. The first-order valence-corrected chi connectivity index (χ1v) is 6.18. The van der Waals surface area contributed by atoms with Crippen LogP contribution in [0.3, 0.4) is 0 Å². The van der Waals surface area contributed by atoms with Gasteiger partial charge >= 0.3 is 5.97 Å². The molecule has 0 atom stereocenters. The van der Waals surface area contributed by atoms with Crippen LogP contribution in [0.15, 0.2) is 42.7 Å². The fraction of sp³-hybridized carbons (Fsp3) is 0.200. The Morgan fingerprint density at radius 1 is 1.30 bits per heavy atom. The molecule has 1 aromatic heterocycles. The van der Waals surface area contributed by atoms with Crippen LogP contribution in [0.1, 0.15) is 11.1 Å². The average Bonchev–Trinajstić information content (AvgIpc) is 2.43. The number of pyridine rings is 1. The van der Waals surface area contributed by atoms with Gasteiger partial charge in [-0.25, -0.2) is 4.79 Å². The van der Waals surface area contributed by atoms with Gasteiger partial charge in [0.05, 0.1) is 0 Å². The molecule has 1 heterocycles. The van der Waals surface area contributed by atoms with Crippen molar-refractivity contribution in [1.29, 1.82) is 0 Å². The van der Waals surface area contributed by atoms with Crippen LogP contribution in [0.4, 0.5) is 5.69 Å². The van der Waals surface area contributed by atoms with Crippen molar-refractivity contribution in [2.24, 2.45) is 0 Å². The molecule has 0 aliphatic heterocycles. The monoisotopic (exact) mass is 272 g/mol. The number of aryl methyl sites for hydroxylation is 1. The number of carbonyl (C=O) groups excluding carboxylic acids is 1. The summed E-state index contributed by atoms with van der Waals surface area (Å²) in [6.07, 6.45) is 3.41. The van der Waals surface area contributed by atoms with Gasteiger partial charge in [0.2, 0.25) is 0 Å². The number of ether oxygens (including phenoxy) is 2. The molecule has 0 fully saturated rings. The van der Waals surface area contributed by atoms with Crippen molar-refractivity contribution in [1.82, 2.24) is 4.98 Å². The van der Waals surface area contributed by atoms with Crippen molar-refractivity contribution in [3.05, 3.63) is 53.9 Å². The number of nitrogens with two attached hydrogens (primary N) is 1. The van der Waals surface area contributed by atoms with Gasteiger partial charge in [0.15, 0.2) is 6.61 Å². The number of benzene rings is 1. The molecule has 0 saturated carbocycles. The topological polar surface area (TPSA) is 74.4 Å². The molecule has 2 N–H and O–H groups in total. The zero-order chi connectivity index (χ0) is 14.4. The third kappa shape index (κ3) is 4.28. The minimum atomic E-state index is -0.436. The fourth-order valence-corrected chi connectivity index (χ4v) is 1.65. The van der Waals surface area contributed by atoms with Gasteiger partial charge in [-0.05, 0) is 30.7 Å². The van der Waals surface area contributed by atoms with Crippen molar-refractivity contribution in [2.75, 3.05) is 12.3 Å². The van der Waals surface area contributed by atoms with Crippen LogP contribution in [-0.4, -0.2) is 17.6 Å². The van der Waals surface area contributed by atoms with E-state index in [1.165, 1.54) is 0 Å².